The van der Waals surface area contributed by atoms with Gasteiger partial charge in [-0.2, -0.15) is 13.2 Å². The highest BCUT2D eigenvalue weighted by Gasteiger charge is 2.32. The summed E-state index contributed by atoms with van der Waals surface area (Å²) < 4.78 is 61.4. The molecular formula is C20H20F3N5O3S2. The quantitative estimate of drug-likeness (QED) is 0.527. The van der Waals surface area contributed by atoms with Gasteiger partial charge in [0, 0.05) is 37.9 Å². The van der Waals surface area contributed by atoms with E-state index in [2.05, 4.69) is 20.3 Å². The molecule has 0 aliphatic rings. The number of amides is 1. The third-order valence-electron chi connectivity index (χ3n) is 4.40. The van der Waals surface area contributed by atoms with Crippen molar-refractivity contribution in [3.05, 3.63) is 52.9 Å². The molecule has 8 nitrogen and oxygen atoms in total. The van der Waals surface area contributed by atoms with Gasteiger partial charge in [0.2, 0.25) is 5.95 Å². The van der Waals surface area contributed by atoms with Crippen molar-refractivity contribution >= 4 is 38.7 Å². The van der Waals surface area contributed by atoms with Crippen LogP contribution in [0.15, 0.2) is 36.7 Å². The number of carbonyl (C=O) groups is 1. The fourth-order valence-corrected chi connectivity index (χ4v) is 4.28. The predicted octanol–water partition coefficient (Wildman–Crippen LogP) is 3.79. The summed E-state index contributed by atoms with van der Waals surface area (Å²) in [6.07, 6.45) is -0.949. The number of anilines is 2. The van der Waals surface area contributed by atoms with Gasteiger partial charge < -0.3 is 10.2 Å². The van der Waals surface area contributed by atoms with Crippen LogP contribution in [0.1, 0.15) is 21.1 Å². The van der Waals surface area contributed by atoms with Crippen molar-refractivity contribution in [2.45, 2.75) is 13.1 Å². The van der Waals surface area contributed by atoms with E-state index in [9.17, 15) is 26.4 Å². The van der Waals surface area contributed by atoms with Crippen molar-refractivity contribution in [2.75, 3.05) is 30.9 Å². The molecule has 33 heavy (non-hydrogen) atoms. The van der Waals surface area contributed by atoms with Crippen LogP contribution >= 0.6 is 11.3 Å². The van der Waals surface area contributed by atoms with Crippen LogP contribution in [0.4, 0.5) is 24.8 Å². The first kappa shape index (κ1) is 24.6. The Labute approximate surface area is 192 Å². The van der Waals surface area contributed by atoms with Gasteiger partial charge in [-0.15, -0.1) is 11.3 Å². The minimum Gasteiger partial charge on any atom is -0.339 e. The van der Waals surface area contributed by atoms with Crippen molar-refractivity contribution < 1.29 is 26.4 Å². The highest BCUT2D eigenvalue weighted by molar-refractivity contribution is 7.90. The predicted molar refractivity (Wildman–Crippen MR) is 119 cm³/mol. The van der Waals surface area contributed by atoms with Crippen LogP contribution in [0.3, 0.4) is 0 Å². The summed E-state index contributed by atoms with van der Waals surface area (Å²) in [6, 6.07) is 6.04. The Balaban J connectivity index is 1.80. The Morgan fingerprint density at radius 2 is 1.94 bits per heavy atom. The van der Waals surface area contributed by atoms with E-state index in [-0.39, 0.29) is 23.3 Å². The third-order valence-corrected chi connectivity index (χ3v) is 6.36. The number of rotatable bonds is 7. The fraction of sp³-hybridized carbons (Fsp3) is 0.300. The molecule has 2 heterocycles. The van der Waals surface area contributed by atoms with E-state index >= 15 is 0 Å². The molecule has 0 atom stereocenters. The Morgan fingerprint density at radius 3 is 2.61 bits per heavy atom. The van der Waals surface area contributed by atoms with Crippen molar-refractivity contribution in [3.8, 4) is 10.4 Å². The van der Waals surface area contributed by atoms with E-state index in [1.54, 1.807) is 12.1 Å². The van der Waals surface area contributed by atoms with Gasteiger partial charge in [0.1, 0.15) is 15.5 Å². The number of benzene rings is 1. The van der Waals surface area contributed by atoms with Gasteiger partial charge in [-0.25, -0.2) is 23.4 Å². The number of carbonyl (C=O) groups excluding carboxylic acids is 1. The van der Waals surface area contributed by atoms with Gasteiger partial charge in [-0.3, -0.25) is 4.79 Å². The first-order chi connectivity index (χ1) is 15.3. The second-order valence-corrected chi connectivity index (χ2v) is 10.7. The highest BCUT2D eigenvalue weighted by atomic mass is 32.2. The molecule has 1 N–H and O–H groups in total. The molecule has 0 saturated heterocycles. The molecule has 13 heteroatoms. The van der Waals surface area contributed by atoms with Crippen LogP contribution in [-0.2, 0) is 16.0 Å². The molecule has 0 saturated carbocycles. The standard InChI is InChI=1S/C20H20F3N5O3S2/c1-12-8-13(10-14(9-12)26-19-24-5-4-16(27-19)20(21,22)23)15-11-25-17(32-15)18(29)28(2)6-7-33(3,30)31/h4-5,8-11H,6-7H2,1-3H3,(H,24,26,27). The monoisotopic (exact) mass is 499 g/mol. The Bertz CT molecular complexity index is 1280. The fourth-order valence-electron chi connectivity index (χ4n) is 2.78. The van der Waals surface area contributed by atoms with Gasteiger partial charge >= 0.3 is 6.18 Å². The van der Waals surface area contributed by atoms with Crippen molar-refractivity contribution in [2.24, 2.45) is 0 Å². The minimum atomic E-state index is -4.59. The van der Waals surface area contributed by atoms with Crippen molar-refractivity contribution in [1.29, 1.82) is 0 Å². The van der Waals surface area contributed by atoms with E-state index in [1.165, 1.54) is 18.1 Å². The number of hydrogen-bond acceptors (Lipinski definition) is 8. The van der Waals surface area contributed by atoms with Crippen LogP contribution < -0.4 is 5.32 Å². The zero-order valence-electron chi connectivity index (χ0n) is 17.8. The normalized spacial score (nSPS) is 11.9. The molecule has 0 fully saturated rings. The SMILES string of the molecule is Cc1cc(Nc2nccc(C(F)(F)F)n2)cc(-c2cnc(C(=O)N(C)CCS(C)(=O)=O)s2)c1. The average molecular weight is 500 g/mol. The molecule has 0 bridgehead atoms. The maximum atomic E-state index is 12.9. The number of sulfone groups is 1. The maximum Gasteiger partial charge on any atom is 0.433 e. The van der Waals surface area contributed by atoms with E-state index in [0.29, 0.717) is 16.1 Å². The molecule has 1 aromatic carbocycles. The van der Waals surface area contributed by atoms with E-state index in [1.807, 2.05) is 13.0 Å². The summed E-state index contributed by atoms with van der Waals surface area (Å²) in [5.41, 5.74) is 0.919. The summed E-state index contributed by atoms with van der Waals surface area (Å²) in [6.45, 7) is 1.86. The number of alkyl halides is 3. The Hall–Kier alpha value is -3.06. The number of nitrogens with zero attached hydrogens (tertiary/aromatic N) is 4. The topological polar surface area (TPSA) is 105 Å². The number of aromatic nitrogens is 3. The average Bonchev–Trinajstić information content (AvgIpc) is 3.20. The lowest BCUT2D eigenvalue weighted by atomic mass is 10.1. The lowest BCUT2D eigenvalue weighted by Crippen LogP contribution is -2.31. The lowest BCUT2D eigenvalue weighted by Gasteiger charge is -2.14. The summed E-state index contributed by atoms with van der Waals surface area (Å²) in [5, 5.41) is 2.97. The molecule has 0 unspecified atom stereocenters. The first-order valence-corrected chi connectivity index (χ1v) is 12.4. The molecule has 3 aromatic rings. The van der Waals surface area contributed by atoms with Gasteiger partial charge in [0.05, 0.1) is 10.6 Å². The Kier molecular flexibility index (Phi) is 7.03. The van der Waals surface area contributed by atoms with Crippen LogP contribution in [0, 0.1) is 6.92 Å². The summed E-state index contributed by atoms with van der Waals surface area (Å²) in [4.78, 5) is 26.0. The molecule has 0 spiro atoms. The number of hydrogen-bond donors (Lipinski definition) is 1. The number of aryl methyl sites for hydroxylation is 1. The van der Waals surface area contributed by atoms with Crippen LogP contribution in [0.25, 0.3) is 10.4 Å². The van der Waals surface area contributed by atoms with Crippen LogP contribution in [-0.4, -0.2) is 59.8 Å². The van der Waals surface area contributed by atoms with Gasteiger partial charge in [-0.1, -0.05) is 6.07 Å². The largest absolute Gasteiger partial charge is 0.433 e. The maximum absolute atomic E-state index is 12.9. The number of thiazole rings is 1. The van der Waals surface area contributed by atoms with E-state index in [4.69, 9.17) is 0 Å². The summed E-state index contributed by atoms with van der Waals surface area (Å²) >= 11 is 1.13. The zero-order chi connectivity index (χ0) is 24.4. The van der Waals surface area contributed by atoms with Crippen molar-refractivity contribution in [3.63, 3.8) is 0 Å². The minimum absolute atomic E-state index is 0.0437. The lowest BCUT2D eigenvalue weighted by molar-refractivity contribution is -0.141. The second kappa shape index (κ2) is 9.43. The number of nitrogens with one attached hydrogen (secondary N) is 1. The molecule has 3 rings (SSSR count). The molecular weight excluding hydrogens is 479 g/mol. The summed E-state index contributed by atoms with van der Waals surface area (Å²) in [5.74, 6) is -0.759. The van der Waals surface area contributed by atoms with E-state index < -0.39 is 27.6 Å². The van der Waals surface area contributed by atoms with Gasteiger partial charge in [0.25, 0.3) is 5.91 Å². The zero-order valence-corrected chi connectivity index (χ0v) is 19.5. The molecule has 176 valence electrons. The van der Waals surface area contributed by atoms with Crippen LogP contribution in [0.5, 0.6) is 0 Å². The van der Waals surface area contributed by atoms with Gasteiger partial charge in [0.15, 0.2) is 5.01 Å². The molecule has 1 amide bonds. The highest BCUT2D eigenvalue weighted by Crippen LogP contribution is 2.31. The van der Waals surface area contributed by atoms with Crippen LogP contribution in [0.2, 0.25) is 0 Å². The number of halogens is 3. The molecule has 0 aliphatic carbocycles. The smallest absolute Gasteiger partial charge is 0.339 e. The Morgan fingerprint density at radius 1 is 1.21 bits per heavy atom. The molecule has 0 radical (unpaired) electrons. The van der Waals surface area contributed by atoms with Gasteiger partial charge in [-0.05, 0) is 36.2 Å². The third kappa shape index (κ3) is 6.71. The van der Waals surface area contributed by atoms with E-state index in [0.717, 1.165) is 35.4 Å². The first-order valence-electron chi connectivity index (χ1n) is 9.50. The summed E-state index contributed by atoms with van der Waals surface area (Å²) in [7, 11) is -1.71. The molecule has 0 aliphatic heterocycles. The van der Waals surface area contributed by atoms with Crippen molar-refractivity contribution in [1.82, 2.24) is 19.9 Å². The second-order valence-electron chi connectivity index (χ2n) is 7.36. The molecule has 2 aromatic heterocycles.